The smallest absolute Gasteiger partial charge is 0.129 e. The molecule has 1 heterocycles. The lowest BCUT2D eigenvalue weighted by Gasteiger charge is -2.04. The number of rotatable bonds is 5. The van der Waals surface area contributed by atoms with Gasteiger partial charge in [-0.1, -0.05) is 25.6 Å². The summed E-state index contributed by atoms with van der Waals surface area (Å²) in [6.07, 6.45) is 2.92. The van der Waals surface area contributed by atoms with Gasteiger partial charge in [0.2, 0.25) is 0 Å². The van der Waals surface area contributed by atoms with Crippen molar-refractivity contribution in [3.63, 3.8) is 0 Å². The van der Waals surface area contributed by atoms with Gasteiger partial charge in [-0.15, -0.1) is 0 Å². The summed E-state index contributed by atoms with van der Waals surface area (Å²) in [7, 11) is 1.69. The second-order valence-electron chi connectivity index (χ2n) is 3.18. The van der Waals surface area contributed by atoms with E-state index in [2.05, 4.69) is 16.9 Å². The number of ether oxygens (including phenoxy) is 1. The number of aryl methyl sites for hydroxylation is 1. The highest BCUT2D eigenvalue weighted by Crippen LogP contribution is 2.01. The number of nitrogens with zero attached hydrogens (tertiary/aromatic N) is 1. The van der Waals surface area contributed by atoms with Gasteiger partial charge in [0.15, 0.2) is 0 Å². The molecule has 4 heteroatoms. The third kappa shape index (κ3) is 3.55. The maximum Gasteiger partial charge on any atom is 0.129 e. The minimum Gasteiger partial charge on any atom is -0.384 e. The van der Waals surface area contributed by atoms with Crippen molar-refractivity contribution in [3.05, 3.63) is 22.2 Å². The molecule has 1 aromatic heterocycles. The largest absolute Gasteiger partial charge is 0.384 e. The zero-order valence-corrected chi connectivity index (χ0v) is 9.49. The van der Waals surface area contributed by atoms with E-state index in [1.54, 1.807) is 7.11 Å². The summed E-state index contributed by atoms with van der Waals surface area (Å²) in [5.41, 5.74) is 1.17. The van der Waals surface area contributed by atoms with Crippen molar-refractivity contribution in [1.29, 1.82) is 0 Å². The highest BCUT2D eigenvalue weighted by atomic mass is 32.1. The molecule has 14 heavy (non-hydrogen) atoms. The van der Waals surface area contributed by atoms with E-state index in [9.17, 15) is 0 Å². The summed E-state index contributed by atoms with van der Waals surface area (Å²) >= 11 is 5.08. The monoisotopic (exact) mass is 212 g/mol. The van der Waals surface area contributed by atoms with Gasteiger partial charge in [0.1, 0.15) is 10.5 Å². The summed E-state index contributed by atoms with van der Waals surface area (Å²) in [4.78, 5) is 7.50. The van der Waals surface area contributed by atoms with Gasteiger partial charge < -0.3 is 9.72 Å². The van der Waals surface area contributed by atoms with Crippen molar-refractivity contribution in [2.75, 3.05) is 13.7 Å². The zero-order chi connectivity index (χ0) is 10.4. The predicted molar refractivity (Wildman–Crippen MR) is 59.0 cm³/mol. The van der Waals surface area contributed by atoms with Crippen LogP contribution in [0.5, 0.6) is 0 Å². The zero-order valence-electron chi connectivity index (χ0n) is 8.67. The van der Waals surface area contributed by atoms with Crippen molar-refractivity contribution < 1.29 is 4.74 Å². The third-order valence-corrected chi connectivity index (χ3v) is 2.12. The van der Waals surface area contributed by atoms with E-state index < -0.39 is 0 Å². The molecule has 0 spiro atoms. The van der Waals surface area contributed by atoms with Crippen molar-refractivity contribution in [2.24, 2.45) is 0 Å². The van der Waals surface area contributed by atoms with Crippen LogP contribution in [0.15, 0.2) is 6.07 Å². The molecule has 0 aliphatic rings. The highest BCUT2D eigenvalue weighted by Gasteiger charge is 1.98. The lowest BCUT2D eigenvalue weighted by atomic mass is 10.2. The number of H-pyrrole nitrogens is 1. The fraction of sp³-hybridized carbons (Fsp3) is 0.600. The van der Waals surface area contributed by atoms with Crippen LogP contribution in [0, 0.1) is 4.64 Å². The maximum absolute atomic E-state index is 5.08. The van der Waals surface area contributed by atoms with Gasteiger partial charge in [0, 0.05) is 19.2 Å². The number of hydrogen-bond acceptors (Lipinski definition) is 3. The summed E-state index contributed by atoms with van der Waals surface area (Å²) in [6, 6.07) is 1.93. The molecular formula is C10H16N2OS. The SMILES string of the molecule is CCCc1cc(=S)nc(CCOC)[nH]1. The van der Waals surface area contributed by atoms with E-state index in [4.69, 9.17) is 17.0 Å². The average Bonchev–Trinajstić information content (AvgIpc) is 2.14. The summed E-state index contributed by atoms with van der Waals surface area (Å²) in [5.74, 6) is 0.919. The standard InChI is InChI=1S/C10H16N2OS/c1-3-4-8-7-10(14)12-9(11-8)5-6-13-2/h7H,3-6H2,1-2H3,(H,11,12,14). The number of aromatic nitrogens is 2. The van der Waals surface area contributed by atoms with E-state index in [-0.39, 0.29) is 0 Å². The Bertz CT molecular complexity index is 335. The number of nitrogens with one attached hydrogen (secondary N) is 1. The Balaban J connectivity index is 2.78. The molecule has 0 radical (unpaired) electrons. The molecular weight excluding hydrogens is 196 g/mol. The van der Waals surface area contributed by atoms with Gasteiger partial charge in [-0.2, -0.15) is 0 Å². The Morgan fingerprint density at radius 3 is 2.93 bits per heavy atom. The van der Waals surface area contributed by atoms with Crippen LogP contribution < -0.4 is 0 Å². The van der Waals surface area contributed by atoms with Crippen molar-refractivity contribution in [1.82, 2.24) is 9.97 Å². The summed E-state index contributed by atoms with van der Waals surface area (Å²) < 4.78 is 5.66. The van der Waals surface area contributed by atoms with Crippen molar-refractivity contribution in [2.45, 2.75) is 26.2 Å². The lowest BCUT2D eigenvalue weighted by Crippen LogP contribution is -2.03. The van der Waals surface area contributed by atoms with Gasteiger partial charge >= 0.3 is 0 Å². The van der Waals surface area contributed by atoms with E-state index in [0.29, 0.717) is 11.2 Å². The molecule has 0 amide bonds. The van der Waals surface area contributed by atoms with E-state index in [0.717, 1.165) is 25.1 Å². The first kappa shape index (κ1) is 11.3. The van der Waals surface area contributed by atoms with Crippen LogP contribution in [0.1, 0.15) is 24.9 Å². The lowest BCUT2D eigenvalue weighted by molar-refractivity contribution is 0.200. The van der Waals surface area contributed by atoms with Crippen LogP contribution in [0.4, 0.5) is 0 Å². The Hall–Kier alpha value is -0.740. The Labute approximate surface area is 89.5 Å². The molecule has 0 saturated carbocycles. The molecule has 0 atom stereocenters. The second-order valence-corrected chi connectivity index (χ2v) is 3.60. The molecule has 0 aliphatic carbocycles. The topological polar surface area (TPSA) is 37.9 Å². The fourth-order valence-corrected chi connectivity index (χ4v) is 1.54. The molecule has 1 aromatic rings. The number of methoxy groups -OCH3 is 1. The Morgan fingerprint density at radius 2 is 2.29 bits per heavy atom. The van der Waals surface area contributed by atoms with Crippen LogP contribution in [-0.2, 0) is 17.6 Å². The van der Waals surface area contributed by atoms with E-state index in [1.165, 1.54) is 5.69 Å². The summed E-state index contributed by atoms with van der Waals surface area (Å²) in [6.45, 7) is 2.82. The average molecular weight is 212 g/mol. The second kappa shape index (κ2) is 5.88. The Morgan fingerprint density at radius 1 is 1.50 bits per heavy atom. The molecule has 0 unspecified atom stereocenters. The van der Waals surface area contributed by atoms with Crippen LogP contribution in [0.3, 0.4) is 0 Å². The molecule has 3 nitrogen and oxygen atoms in total. The van der Waals surface area contributed by atoms with Gasteiger partial charge in [0.25, 0.3) is 0 Å². The van der Waals surface area contributed by atoms with Gasteiger partial charge in [-0.05, 0) is 12.5 Å². The fourth-order valence-electron chi connectivity index (χ4n) is 1.28. The van der Waals surface area contributed by atoms with Crippen LogP contribution in [-0.4, -0.2) is 23.7 Å². The molecule has 0 saturated heterocycles. The predicted octanol–water partition coefficient (Wildman–Crippen LogP) is 2.28. The number of hydrogen-bond donors (Lipinski definition) is 1. The van der Waals surface area contributed by atoms with Crippen molar-refractivity contribution >= 4 is 12.2 Å². The molecule has 78 valence electrons. The summed E-state index contributed by atoms with van der Waals surface area (Å²) in [5, 5.41) is 0. The first-order chi connectivity index (χ1) is 6.76. The minimum atomic E-state index is 0.665. The van der Waals surface area contributed by atoms with Crippen LogP contribution >= 0.6 is 12.2 Å². The van der Waals surface area contributed by atoms with E-state index >= 15 is 0 Å². The van der Waals surface area contributed by atoms with Crippen LogP contribution in [0.25, 0.3) is 0 Å². The highest BCUT2D eigenvalue weighted by molar-refractivity contribution is 7.71. The first-order valence-electron chi connectivity index (χ1n) is 4.84. The van der Waals surface area contributed by atoms with Gasteiger partial charge in [-0.3, -0.25) is 0 Å². The molecule has 1 rings (SSSR count). The maximum atomic E-state index is 5.08. The minimum absolute atomic E-state index is 0.665. The van der Waals surface area contributed by atoms with Gasteiger partial charge in [0.05, 0.1) is 6.61 Å². The van der Waals surface area contributed by atoms with Crippen molar-refractivity contribution in [3.8, 4) is 0 Å². The number of aromatic amines is 1. The quantitative estimate of drug-likeness (QED) is 0.761. The Kier molecular flexibility index (Phi) is 4.76. The molecule has 0 bridgehead atoms. The molecule has 0 fully saturated rings. The van der Waals surface area contributed by atoms with Gasteiger partial charge in [-0.25, -0.2) is 4.98 Å². The third-order valence-electron chi connectivity index (χ3n) is 1.91. The molecule has 1 N–H and O–H groups in total. The first-order valence-corrected chi connectivity index (χ1v) is 5.25. The normalized spacial score (nSPS) is 10.4. The molecule has 0 aliphatic heterocycles. The molecule has 0 aromatic carbocycles. The van der Waals surface area contributed by atoms with Crippen LogP contribution in [0.2, 0.25) is 0 Å². The van der Waals surface area contributed by atoms with E-state index in [1.807, 2.05) is 6.07 Å².